The number of hydrogen-bond acceptors (Lipinski definition) is 5. The summed E-state index contributed by atoms with van der Waals surface area (Å²) in [6, 6.07) is 49.5. The Kier molecular flexibility index (Phi) is 8.51. The first kappa shape index (κ1) is 39.4. The number of aryl methyl sites for hydroxylation is 1. The zero-order valence-corrected chi connectivity index (χ0v) is 39.8. The molecule has 0 bridgehead atoms. The van der Waals surface area contributed by atoms with Crippen molar-refractivity contribution in [3.63, 3.8) is 0 Å². The second-order valence-electron chi connectivity index (χ2n) is 21.0. The highest BCUT2D eigenvalue weighted by atomic mass is 32.2. The Morgan fingerprint density at radius 2 is 1.28 bits per heavy atom. The predicted molar refractivity (Wildman–Crippen MR) is 281 cm³/mol. The monoisotopic (exact) mass is 877 g/mol. The highest BCUT2D eigenvalue weighted by molar-refractivity contribution is 8.03. The second kappa shape index (κ2) is 14.0. The van der Waals surface area contributed by atoms with Gasteiger partial charge in [0, 0.05) is 65.8 Å². The van der Waals surface area contributed by atoms with E-state index in [0.29, 0.717) is 5.92 Å². The molecule has 13 rings (SSSR count). The molecule has 5 heterocycles. The van der Waals surface area contributed by atoms with Crippen LogP contribution < -0.4 is 25.6 Å². The van der Waals surface area contributed by atoms with E-state index in [1.54, 1.807) is 0 Å². The van der Waals surface area contributed by atoms with Crippen molar-refractivity contribution in [2.45, 2.75) is 88.1 Å². The summed E-state index contributed by atoms with van der Waals surface area (Å²) in [6.45, 7) is 16.2. The van der Waals surface area contributed by atoms with Gasteiger partial charge in [-0.05, 0) is 117 Å². The zero-order valence-electron chi connectivity index (χ0n) is 38.1. The van der Waals surface area contributed by atoms with Gasteiger partial charge in [0.25, 0.3) is 0 Å². The van der Waals surface area contributed by atoms with Gasteiger partial charge >= 0.3 is 0 Å². The molecule has 0 saturated heterocycles. The van der Waals surface area contributed by atoms with Crippen molar-refractivity contribution in [2.75, 3.05) is 14.7 Å². The molecule has 0 amide bonds. The van der Waals surface area contributed by atoms with Crippen LogP contribution in [0.15, 0.2) is 179 Å². The zero-order chi connectivity index (χ0) is 44.1. The molecule has 6 aromatic carbocycles. The Balaban J connectivity index is 1.06. The van der Waals surface area contributed by atoms with Crippen LogP contribution in [0.2, 0.25) is 0 Å². The highest BCUT2D eigenvalue weighted by Crippen LogP contribution is 2.60. The average molecular weight is 878 g/mol. The molecule has 1 aromatic heterocycles. The van der Waals surface area contributed by atoms with Crippen molar-refractivity contribution >= 4 is 90.6 Å². The van der Waals surface area contributed by atoms with Gasteiger partial charge < -0.3 is 14.7 Å². The van der Waals surface area contributed by atoms with E-state index in [-0.39, 0.29) is 35.5 Å². The van der Waals surface area contributed by atoms with Crippen LogP contribution >= 0.6 is 23.1 Å². The second-order valence-corrected chi connectivity index (χ2v) is 23.2. The molecular weight excluding hydrogens is 826 g/mol. The SMILES string of the molecule is Cc1cc2c3c(c1)N1c4c(sc5ccccc45)C4C=CC=C(B3c3ccc(N(c5ccc(C(C)(C)C)cc5)c5ccc(C(C)(C)C)cc5)cc3N2C2C=CC=C3Sc5ccccc5C32)C41. The molecule has 7 aromatic rings. The summed E-state index contributed by atoms with van der Waals surface area (Å²) in [5.41, 5.74) is 18.7. The molecule has 0 spiro atoms. The molecule has 0 radical (unpaired) electrons. The third-order valence-electron chi connectivity index (χ3n) is 15.0. The topological polar surface area (TPSA) is 9.72 Å². The molecule has 318 valence electrons. The lowest BCUT2D eigenvalue weighted by Crippen LogP contribution is -2.62. The van der Waals surface area contributed by atoms with Crippen molar-refractivity contribution in [3.05, 3.63) is 201 Å². The maximum absolute atomic E-state index is 2.77. The van der Waals surface area contributed by atoms with Crippen LogP contribution in [0.25, 0.3) is 10.1 Å². The van der Waals surface area contributed by atoms with Crippen LogP contribution in [-0.4, -0.2) is 18.8 Å². The van der Waals surface area contributed by atoms with Crippen LogP contribution in [0.4, 0.5) is 39.8 Å². The van der Waals surface area contributed by atoms with Gasteiger partial charge in [-0.3, -0.25) is 0 Å². The molecule has 3 nitrogen and oxygen atoms in total. The van der Waals surface area contributed by atoms with Gasteiger partial charge in [-0.2, -0.15) is 0 Å². The van der Waals surface area contributed by atoms with Gasteiger partial charge in [0.1, 0.15) is 0 Å². The third kappa shape index (κ3) is 5.82. The van der Waals surface area contributed by atoms with Gasteiger partial charge in [0.05, 0.1) is 17.8 Å². The number of rotatable bonds is 4. The van der Waals surface area contributed by atoms with E-state index in [9.17, 15) is 0 Å². The minimum atomic E-state index is 0.0566. The molecule has 6 aliphatic rings. The molecule has 4 atom stereocenters. The van der Waals surface area contributed by atoms with Crippen LogP contribution in [-0.2, 0) is 10.8 Å². The lowest BCUT2D eigenvalue weighted by Gasteiger charge is -2.50. The summed E-state index contributed by atoms with van der Waals surface area (Å²) in [4.78, 5) is 12.3. The van der Waals surface area contributed by atoms with E-state index in [1.807, 2.05) is 23.1 Å². The van der Waals surface area contributed by atoms with E-state index in [2.05, 4.69) is 227 Å². The molecule has 4 aliphatic heterocycles. The fourth-order valence-electron chi connectivity index (χ4n) is 11.9. The number of anilines is 7. The van der Waals surface area contributed by atoms with Gasteiger partial charge in [0.15, 0.2) is 0 Å². The summed E-state index contributed by atoms with van der Waals surface area (Å²) in [7, 11) is 0. The van der Waals surface area contributed by atoms with E-state index >= 15 is 0 Å². The maximum Gasteiger partial charge on any atom is 0.247 e. The van der Waals surface area contributed by atoms with Gasteiger partial charge in [-0.1, -0.05) is 162 Å². The van der Waals surface area contributed by atoms with Crippen molar-refractivity contribution < 1.29 is 0 Å². The molecule has 6 heteroatoms. The first-order chi connectivity index (χ1) is 31.4. The van der Waals surface area contributed by atoms with Crippen molar-refractivity contribution in [1.29, 1.82) is 0 Å². The molecule has 0 N–H and O–H groups in total. The normalized spacial score (nSPS) is 20.8. The minimum Gasteiger partial charge on any atom is -0.334 e. The Hall–Kier alpha value is -5.95. The molecule has 0 fully saturated rings. The van der Waals surface area contributed by atoms with E-state index in [4.69, 9.17) is 0 Å². The average Bonchev–Trinajstić information content (AvgIpc) is 3.97. The number of nitrogens with zero attached hydrogens (tertiary/aromatic N) is 3. The summed E-state index contributed by atoms with van der Waals surface area (Å²) >= 11 is 3.94. The first-order valence-corrected chi connectivity index (χ1v) is 25.0. The van der Waals surface area contributed by atoms with E-state index in [1.165, 1.54) is 86.2 Å². The predicted octanol–water partition coefficient (Wildman–Crippen LogP) is 14.7. The number of hydrogen-bond donors (Lipinski definition) is 0. The van der Waals surface area contributed by atoms with E-state index in [0.717, 1.165) is 17.1 Å². The lowest BCUT2D eigenvalue weighted by atomic mass is 9.31. The number of fused-ring (bicyclic) bond motifs is 12. The molecular formula is C59H52BN3S2. The number of thioether (sulfide) groups is 1. The Morgan fingerprint density at radius 1 is 0.631 bits per heavy atom. The van der Waals surface area contributed by atoms with Crippen LogP contribution in [0.1, 0.15) is 80.5 Å². The third-order valence-corrected chi connectivity index (χ3v) is 17.4. The number of allylic oxidation sites excluding steroid dienone is 4. The molecule has 0 saturated carbocycles. The summed E-state index contributed by atoms with van der Waals surface area (Å²) in [5.74, 6) is 0.525. The summed E-state index contributed by atoms with van der Waals surface area (Å²) < 4.78 is 1.37. The maximum atomic E-state index is 2.77. The van der Waals surface area contributed by atoms with Crippen LogP contribution in [0, 0.1) is 6.92 Å². The fraction of sp³-hybridized carbons (Fsp3) is 0.220. The summed E-state index contributed by atoms with van der Waals surface area (Å²) in [6.07, 6.45) is 14.5. The Bertz CT molecular complexity index is 3210. The van der Waals surface area contributed by atoms with E-state index < -0.39 is 0 Å². The molecule has 2 aliphatic carbocycles. The van der Waals surface area contributed by atoms with Gasteiger partial charge in [-0.25, -0.2) is 0 Å². The first-order valence-electron chi connectivity index (χ1n) is 23.4. The number of benzene rings is 6. The highest BCUT2D eigenvalue weighted by Gasteiger charge is 2.54. The van der Waals surface area contributed by atoms with Crippen molar-refractivity contribution in [2.24, 2.45) is 0 Å². The van der Waals surface area contributed by atoms with Crippen LogP contribution in [0.5, 0.6) is 0 Å². The minimum absolute atomic E-state index is 0.0566. The standard InChI is InChI=1S/C59H52BN3S2/c1-35-32-48-54-49(33-35)63-55-43(57-56(63)42-15-9-11-20-51(42)65-57)16-12-17-45(55)60(54)44-31-30-40(34-47(44)62(48)46-18-13-21-52-53(46)41-14-8-10-19-50(41)64-52)61(38-26-22-36(23-27-38)58(2,3)4)39-28-24-37(25-29-39)59(5,6)7/h8-34,43,46,53,55H,1-7H3. The quantitative estimate of drug-likeness (QED) is 0.163. The molecule has 65 heavy (non-hydrogen) atoms. The number of thiophene rings is 1. The largest absolute Gasteiger partial charge is 0.334 e. The lowest BCUT2D eigenvalue weighted by molar-refractivity contribution is 0.590. The Labute approximate surface area is 392 Å². The van der Waals surface area contributed by atoms with Crippen molar-refractivity contribution in [1.82, 2.24) is 0 Å². The van der Waals surface area contributed by atoms with Gasteiger partial charge in [0.2, 0.25) is 6.71 Å². The smallest absolute Gasteiger partial charge is 0.247 e. The summed E-state index contributed by atoms with van der Waals surface area (Å²) in [5, 5.41) is 1.37. The van der Waals surface area contributed by atoms with Crippen molar-refractivity contribution in [3.8, 4) is 0 Å². The molecule has 4 unspecified atom stereocenters. The Morgan fingerprint density at radius 3 is 2.00 bits per heavy atom. The van der Waals surface area contributed by atoms with Crippen LogP contribution in [0.3, 0.4) is 0 Å². The fourth-order valence-corrected chi connectivity index (χ4v) is 14.5. The van der Waals surface area contributed by atoms with Gasteiger partial charge in [-0.15, -0.1) is 11.3 Å².